The Labute approximate surface area is 83.4 Å². The standard InChI is InChI=1S/C9H16N2O3/c1-4-11(7(2)3)9(14)10-6-5-8(12)13/h4,7H,1,5-6H2,2-3H3,(H,10,14)(H,12,13)/b11-4+. The largest absolute Gasteiger partial charge is 0.488 e. The Kier molecular flexibility index (Phi) is 5.36. The van der Waals surface area contributed by atoms with Crippen molar-refractivity contribution in [3.8, 4) is 0 Å². The van der Waals surface area contributed by atoms with Crippen LogP contribution in [0.3, 0.4) is 0 Å². The zero-order chi connectivity index (χ0) is 11.1. The molecule has 0 aliphatic rings. The molecule has 0 saturated carbocycles. The Morgan fingerprint density at radius 1 is 1.57 bits per heavy atom. The molecule has 5 nitrogen and oxygen atoms in total. The summed E-state index contributed by atoms with van der Waals surface area (Å²) in [6.45, 7) is 7.32. The van der Waals surface area contributed by atoms with Gasteiger partial charge in [0.25, 0.3) is 0 Å². The highest BCUT2D eigenvalue weighted by Crippen LogP contribution is 1.89. The van der Waals surface area contributed by atoms with Gasteiger partial charge in [-0.05, 0) is 13.8 Å². The molecule has 2 N–H and O–H groups in total. The van der Waals surface area contributed by atoms with Crippen LogP contribution < -0.4 is 5.32 Å². The van der Waals surface area contributed by atoms with Gasteiger partial charge in [-0.2, -0.15) is 4.79 Å². The first kappa shape index (κ1) is 12.5. The van der Waals surface area contributed by atoms with E-state index >= 15 is 0 Å². The van der Waals surface area contributed by atoms with Crippen molar-refractivity contribution >= 4 is 18.2 Å². The van der Waals surface area contributed by atoms with Crippen LogP contribution in [-0.4, -0.2) is 40.5 Å². The molecule has 0 aliphatic carbocycles. The normalized spacial score (nSPS) is 11.5. The molecule has 0 saturated heterocycles. The van der Waals surface area contributed by atoms with Crippen LogP contribution in [0.4, 0.5) is 4.79 Å². The SMILES string of the molecule is [CH2-]/C=[N+](/C(=O)NCCC(=O)O)C(C)C. The lowest BCUT2D eigenvalue weighted by Crippen LogP contribution is -2.38. The number of carbonyl (C=O) groups excluding carboxylic acids is 1. The molecule has 0 fully saturated rings. The first-order valence-electron chi connectivity index (χ1n) is 4.39. The number of carboxylic acid groups (broad SMARTS) is 1. The zero-order valence-electron chi connectivity index (χ0n) is 8.49. The number of urea groups is 1. The predicted molar refractivity (Wildman–Crippen MR) is 52.5 cm³/mol. The highest BCUT2D eigenvalue weighted by Gasteiger charge is 2.16. The van der Waals surface area contributed by atoms with Crippen molar-refractivity contribution in [2.45, 2.75) is 26.3 Å². The van der Waals surface area contributed by atoms with E-state index in [-0.39, 0.29) is 25.0 Å². The van der Waals surface area contributed by atoms with Gasteiger partial charge in [0.05, 0.1) is 19.0 Å². The van der Waals surface area contributed by atoms with Gasteiger partial charge in [-0.1, -0.05) is 6.21 Å². The summed E-state index contributed by atoms with van der Waals surface area (Å²) in [7, 11) is 0. The van der Waals surface area contributed by atoms with Crippen LogP contribution in [0.5, 0.6) is 0 Å². The Balaban J connectivity index is 4.01. The second-order valence-corrected chi connectivity index (χ2v) is 3.06. The van der Waals surface area contributed by atoms with E-state index in [1.807, 2.05) is 13.8 Å². The molecule has 0 bridgehead atoms. The Bertz CT molecular complexity index is 246. The van der Waals surface area contributed by atoms with Gasteiger partial charge < -0.3 is 12.0 Å². The van der Waals surface area contributed by atoms with Gasteiger partial charge in [-0.3, -0.25) is 4.79 Å². The number of carboxylic acids is 1. The van der Waals surface area contributed by atoms with Crippen molar-refractivity contribution in [3.05, 3.63) is 6.92 Å². The minimum Gasteiger partial charge on any atom is -0.481 e. The summed E-state index contributed by atoms with van der Waals surface area (Å²) in [6, 6.07) is -0.312. The van der Waals surface area contributed by atoms with Crippen LogP contribution in [0.1, 0.15) is 20.3 Å². The molecule has 0 aromatic rings. The maximum Gasteiger partial charge on any atom is 0.488 e. The molecule has 14 heavy (non-hydrogen) atoms. The lowest BCUT2D eigenvalue weighted by Gasteiger charge is -2.08. The van der Waals surface area contributed by atoms with Crippen molar-refractivity contribution in [1.29, 1.82) is 0 Å². The lowest BCUT2D eigenvalue weighted by molar-refractivity contribution is -0.458. The van der Waals surface area contributed by atoms with Crippen LogP contribution in [0.25, 0.3) is 0 Å². The fourth-order valence-electron chi connectivity index (χ4n) is 0.896. The highest BCUT2D eigenvalue weighted by molar-refractivity contribution is 5.73. The van der Waals surface area contributed by atoms with Crippen LogP contribution in [0.2, 0.25) is 0 Å². The van der Waals surface area contributed by atoms with E-state index in [9.17, 15) is 9.59 Å². The van der Waals surface area contributed by atoms with E-state index in [2.05, 4.69) is 12.2 Å². The summed E-state index contributed by atoms with van der Waals surface area (Å²) in [5.74, 6) is -0.931. The van der Waals surface area contributed by atoms with Crippen molar-refractivity contribution < 1.29 is 19.3 Å². The zero-order valence-corrected chi connectivity index (χ0v) is 8.49. The fraction of sp³-hybridized carbons (Fsp3) is 0.556. The van der Waals surface area contributed by atoms with Crippen LogP contribution in [0.15, 0.2) is 0 Å². The quantitative estimate of drug-likeness (QED) is 0.394. The molecular formula is C9H16N2O3. The predicted octanol–water partition coefficient (Wildman–Crippen LogP) is 0.496. The second kappa shape index (κ2) is 6.01. The van der Waals surface area contributed by atoms with Gasteiger partial charge in [0, 0.05) is 0 Å². The first-order chi connectivity index (χ1) is 6.49. The maximum atomic E-state index is 11.3. The van der Waals surface area contributed by atoms with Crippen molar-refractivity contribution in [2.75, 3.05) is 6.54 Å². The summed E-state index contributed by atoms with van der Waals surface area (Å²) in [5, 5.41) is 10.8. The van der Waals surface area contributed by atoms with Gasteiger partial charge in [0.1, 0.15) is 0 Å². The van der Waals surface area contributed by atoms with Gasteiger partial charge in [0.2, 0.25) is 0 Å². The van der Waals surface area contributed by atoms with E-state index < -0.39 is 5.97 Å². The van der Waals surface area contributed by atoms with E-state index in [0.717, 1.165) is 0 Å². The summed E-state index contributed by atoms with van der Waals surface area (Å²) in [6.07, 6.45) is 1.34. The monoisotopic (exact) mass is 200 g/mol. The molecule has 80 valence electrons. The lowest BCUT2D eigenvalue weighted by atomic mass is 10.4. The summed E-state index contributed by atoms with van der Waals surface area (Å²) < 4.78 is 1.40. The Morgan fingerprint density at radius 3 is 2.50 bits per heavy atom. The molecule has 0 aromatic carbocycles. The third-order valence-corrected chi connectivity index (χ3v) is 1.60. The molecule has 0 heterocycles. The molecular weight excluding hydrogens is 184 g/mol. The Hall–Kier alpha value is -1.52. The molecule has 0 spiro atoms. The van der Waals surface area contributed by atoms with Crippen LogP contribution in [-0.2, 0) is 4.79 Å². The third kappa shape index (κ3) is 4.49. The second-order valence-electron chi connectivity index (χ2n) is 3.06. The summed E-state index contributed by atoms with van der Waals surface area (Å²) in [4.78, 5) is 21.5. The highest BCUT2D eigenvalue weighted by atomic mass is 16.4. The number of amides is 2. The average molecular weight is 200 g/mol. The minimum atomic E-state index is -0.931. The molecule has 5 heteroatoms. The number of carbonyl (C=O) groups is 2. The molecule has 0 rings (SSSR count). The first-order valence-corrected chi connectivity index (χ1v) is 4.39. The van der Waals surface area contributed by atoms with E-state index in [1.54, 1.807) is 0 Å². The average Bonchev–Trinajstić information content (AvgIpc) is 2.03. The van der Waals surface area contributed by atoms with E-state index in [0.29, 0.717) is 0 Å². The number of nitrogens with zero attached hydrogens (tertiary/aromatic N) is 1. The molecule has 0 aliphatic heterocycles. The number of aliphatic carboxylic acids is 1. The van der Waals surface area contributed by atoms with Gasteiger partial charge in [-0.15, -0.1) is 0 Å². The topological polar surface area (TPSA) is 69.4 Å². The number of hydrogen-bond donors (Lipinski definition) is 2. The van der Waals surface area contributed by atoms with Crippen molar-refractivity contribution in [2.24, 2.45) is 0 Å². The maximum absolute atomic E-state index is 11.3. The molecule has 0 aromatic heterocycles. The number of rotatable bonds is 4. The van der Waals surface area contributed by atoms with Crippen LogP contribution >= 0.6 is 0 Å². The Morgan fingerprint density at radius 2 is 2.14 bits per heavy atom. The van der Waals surface area contributed by atoms with E-state index in [4.69, 9.17) is 5.11 Å². The van der Waals surface area contributed by atoms with Gasteiger partial charge in [-0.25, -0.2) is 9.89 Å². The smallest absolute Gasteiger partial charge is 0.481 e. The van der Waals surface area contributed by atoms with E-state index in [1.165, 1.54) is 10.8 Å². The van der Waals surface area contributed by atoms with Gasteiger partial charge in [0.15, 0.2) is 0 Å². The molecule has 0 radical (unpaired) electrons. The van der Waals surface area contributed by atoms with Gasteiger partial charge >= 0.3 is 12.0 Å². The minimum absolute atomic E-state index is 0.0114. The summed E-state index contributed by atoms with van der Waals surface area (Å²) in [5.41, 5.74) is 0. The van der Waals surface area contributed by atoms with Crippen molar-refractivity contribution in [3.63, 3.8) is 0 Å². The summed E-state index contributed by atoms with van der Waals surface area (Å²) >= 11 is 0. The number of hydrogen-bond acceptors (Lipinski definition) is 2. The molecule has 2 amide bonds. The number of nitrogens with one attached hydrogen (secondary N) is 1. The third-order valence-electron chi connectivity index (χ3n) is 1.60. The molecule has 0 atom stereocenters. The van der Waals surface area contributed by atoms with Crippen molar-refractivity contribution in [1.82, 2.24) is 5.32 Å². The molecule has 0 unspecified atom stereocenters. The van der Waals surface area contributed by atoms with Crippen LogP contribution in [0, 0.1) is 6.92 Å². The fourth-order valence-corrected chi connectivity index (χ4v) is 0.896.